The first-order valence-electron chi connectivity index (χ1n) is 13.4. The standard InChI is InChI=1S/C30H35ClN2O8S/c1-30(2,3)26-22(29(35)33-12-15-39-16-13-33)19-25(42(36,37)32-20-8-6-5-7-9-20)27(28(26)40-17-14-34)41-24-18-21(38-4)10-11-23(24)31/h5-11,18-19,32,34H,12-17H2,1-4H3. The summed E-state index contributed by atoms with van der Waals surface area (Å²) in [4.78, 5) is 15.3. The van der Waals surface area contributed by atoms with Crippen LogP contribution in [0.1, 0.15) is 36.7 Å². The number of carbonyl (C=O) groups is 1. The maximum atomic E-state index is 14.1. The van der Waals surface area contributed by atoms with Crippen molar-refractivity contribution in [3.8, 4) is 23.0 Å². The van der Waals surface area contributed by atoms with E-state index in [1.54, 1.807) is 47.4 Å². The van der Waals surface area contributed by atoms with Crippen LogP contribution in [-0.4, -0.2) is 71.0 Å². The number of hydrogen-bond acceptors (Lipinski definition) is 8. The number of benzene rings is 3. The molecule has 12 heteroatoms. The predicted molar refractivity (Wildman–Crippen MR) is 160 cm³/mol. The number of rotatable bonds is 10. The van der Waals surface area contributed by atoms with Crippen LogP contribution in [0, 0.1) is 0 Å². The number of aliphatic hydroxyl groups is 1. The Labute approximate surface area is 251 Å². The van der Waals surface area contributed by atoms with Crippen LogP contribution >= 0.6 is 11.6 Å². The summed E-state index contributed by atoms with van der Waals surface area (Å²) in [5.41, 5.74) is 0.129. The highest BCUT2D eigenvalue weighted by molar-refractivity contribution is 7.92. The zero-order valence-corrected chi connectivity index (χ0v) is 25.5. The van der Waals surface area contributed by atoms with Crippen LogP contribution in [0.4, 0.5) is 5.69 Å². The summed E-state index contributed by atoms with van der Waals surface area (Å²) in [5.74, 6) is -0.0324. The van der Waals surface area contributed by atoms with Crippen molar-refractivity contribution in [3.05, 3.63) is 70.7 Å². The number of methoxy groups -OCH3 is 1. The molecule has 1 aliphatic heterocycles. The number of nitrogens with zero attached hydrogens (tertiary/aromatic N) is 1. The Morgan fingerprint density at radius 2 is 1.76 bits per heavy atom. The van der Waals surface area contributed by atoms with Gasteiger partial charge in [-0.15, -0.1) is 0 Å². The molecule has 2 N–H and O–H groups in total. The molecule has 0 spiro atoms. The lowest BCUT2D eigenvalue weighted by Crippen LogP contribution is -2.41. The van der Waals surface area contributed by atoms with E-state index >= 15 is 0 Å². The van der Waals surface area contributed by atoms with Crippen molar-refractivity contribution in [3.63, 3.8) is 0 Å². The molecule has 0 aliphatic carbocycles. The molecule has 0 bridgehead atoms. The molecular formula is C30H35ClN2O8S. The molecule has 3 aromatic carbocycles. The number of carbonyl (C=O) groups excluding carboxylic acids is 1. The van der Waals surface area contributed by atoms with E-state index in [1.807, 2.05) is 20.8 Å². The van der Waals surface area contributed by atoms with Gasteiger partial charge in [0.2, 0.25) is 0 Å². The van der Waals surface area contributed by atoms with Gasteiger partial charge in [-0.1, -0.05) is 50.6 Å². The van der Waals surface area contributed by atoms with Crippen molar-refractivity contribution in [2.75, 3.05) is 51.3 Å². The molecule has 226 valence electrons. The topological polar surface area (TPSA) is 124 Å². The van der Waals surface area contributed by atoms with Gasteiger partial charge in [-0.25, -0.2) is 8.42 Å². The van der Waals surface area contributed by atoms with Crippen LogP contribution in [-0.2, 0) is 20.2 Å². The number of sulfonamides is 1. The number of anilines is 1. The number of aliphatic hydroxyl groups excluding tert-OH is 1. The molecular weight excluding hydrogens is 584 g/mol. The summed E-state index contributed by atoms with van der Waals surface area (Å²) in [5, 5.41) is 9.89. The third kappa shape index (κ3) is 7.09. The fourth-order valence-corrected chi connectivity index (χ4v) is 5.93. The van der Waals surface area contributed by atoms with Gasteiger partial charge in [0.1, 0.15) is 23.0 Å². The van der Waals surface area contributed by atoms with Crippen LogP contribution in [0.25, 0.3) is 0 Å². The minimum absolute atomic E-state index is 0.00276. The SMILES string of the molecule is COc1ccc(Cl)c(Oc2c(S(=O)(=O)Nc3ccccc3)cc(C(=O)N3CCOCC3)c(C(C)(C)C)c2OCCO)c1. The van der Waals surface area contributed by atoms with Crippen LogP contribution in [0.5, 0.6) is 23.0 Å². The average Bonchev–Trinajstić information content (AvgIpc) is 2.96. The Bertz CT molecular complexity index is 1520. The molecule has 1 amide bonds. The average molecular weight is 619 g/mol. The maximum absolute atomic E-state index is 14.1. The monoisotopic (exact) mass is 618 g/mol. The van der Waals surface area contributed by atoms with E-state index in [-0.39, 0.29) is 51.9 Å². The zero-order valence-electron chi connectivity index (χ0n) is 24.0. The summed E-state index contributed by atoms with van der Waals surface area (Å²) >= 11 is 6.47. The lowest BCUT2D eigenvalue weighted by molar-refractivity contribution is 0.0300. The minimum atomic E-state index is -4.38. The predicted octanol–water partition coefficient (Wildman–Crippen LogP) is 5.08. The Morgan fingerprint density at radius 1 is 1.07 bits per heavy atom. The Morgan fingerprint density at radius 3 is 2.38 bits per heavy atom. The van der Waals surface area contributed by atoms with Gasteiger partial charge in [-0.3, -0.25) is 9.52 Å². The van der Waals surface area contributed by atoms with E-state index in [0.717, 1.165) is 0 Å². The molecule has 0 radical (unpaired) electrons. The first-order valence-corrected chi connectivity index (χ1v) is 15.2. The number of ether oxygens (including phenoxy) is 4. The minimum Gasteiger partial charge on any atom is -0.497 e. The number of nitrogens with one attached hydrogen (secondary N) is 1. The largest absolute Gasteiger partial charge is 0.497 e. The second kappa shape index (κ2) is 13.2. The molecule has 1 heterocycles. The quantitative estimate of drug-likeness (QED) is 0.322. The van der Waals surface area contributed by atoms with Crippen molar-refractivity contribution in [1.29, 1.82) is 0 Å². The van der Waals surface area contributed by atoms with Crippen molar-refractivity contribution >= 4 is 33.2 Å². The fraction of sp³-hybridized carbons (Fsp3) is 0.367. The molecule has 0 unspecified atom stereocenters. The molecule has 1 aliphatic rings. The second-order valence-electron chi connectivity index (χ2n) is 10.6. The molecule has 0 aromatic heterocycles. The zero-order chi connectivity index (χ0) is 30.5. The molecule has 1 fully saturated rings. The van der Waals surface area contributed by atoms with Crippen LogP contribution in [0.15, 0.2) is 59.5 Å². The normalized spacial score (nSPS) is 13.9. The van der Waals surface area contributed by atoms with E-state index in [2.05, 4.69) is 4.72 Å². The number of hydrogen-bond donors (Lipinski definition) is 2. The summed E-state index contributed by atoms with van der Waals surface area (Å²) in [6.45, 7) is 6.49. The lowest BCUT2D eigenvalue weighted by atomic mass is 9.82. The Hall–Kier alpha value is -3.51. The summed E-state index contributed by atoms with van der Waals surface area (Å²) < 4.78 is 53.7. The fourth-order valence-electron chi connectivity index (χ4n) is 4.56. The van der Waals surface area contributed by atoms with E-state index < -0.39 is 15.4 Å². The Kier molecular flexibility index (Phi) is 9.88. The molecule has 3 aromatic rings. The van der Waals surface area contributed by atoms with Crippen LogP contribution in [0.2, 0.25) is 5.02 Å². The molecule has 4 rings (SSSR count). The highest BCUT2D eigenvalue weighted by atomic mass is 35.5. The highest BCUT2D eigenvalue weighted by Crippen LogP contribution is 2.48. The van der Waals surface area contributed by atoms with Crippen molar-refractivity contribution < 1.29 is 37.3 Å². The van der Waals surface area contributed by atoms with Gasteiger partial charge in [-0.2, -0.15) is 0 Å². The van der Waals surface area contributed by atoms with Gasteiger partial charge in [0, 0.05) is 36.0 Å². The number of halogens is 1. The third-order valence-electron chi connectivity index (χ3n) is 6.48. The van der Waals surface area contributed by atoms with Crippen molar-refractivity contribution in [1.82, 2.24) is 4.90 Å². The van der Waals surface area contributed by atoms with Gasteiger partial charge < -0.3 is 29.0 Å². The lowest BCUT2D eigenvalue weighted by Gasteiger charge is -2.32. The maximum Gasteiger partial charge on any atom is 0.265 e. The van der Waals surface area contributed by atoms with E-state index in [0.29, 0.717) is 43.3 Å². The van der Waals surface area contributed by atoms with E-state index in [4.69, 9.17) is 30.5 Å². The summed E-state index contributed by atoms with van der Waals surface area (Å²) in [7, 11) is -2.90. The van der Waals surface area contributed by atoms with Gasteiger partial charge in [0.15, 0.2) is 11.5 Å². The third-order valence-corrected chi connectivity index (χ3v) is 8.18. The number of amides is 1. The van der Waals surface area contributed by atoms with Crippen LogP contribution < -0.4 is 18.9 Å². The highest BCUT2D eigenvalue weighted by Gasteiger charge is 2.37. The second-order valence-corrected chi connectivity index (χ2v) is 12.6. The smallest absolute Gasteiger partial charge is 0.265 e. The summed E-state index contributed by atoms with van der Waals surface area (Å²) in [6, 6.07) is 14.4. The Balaban J connectivity index is 2.04. The first-order chi connectivity index (χ1) is 20.0. The molecule has 1 saturated heterocycles. The van der Waals surface area contributed by atoms with Crippen molar-refractivity contribution in [2.24, 2.45) is 0 Å². The van der Waals surface area contributed by atoms with Gasteiger partial charge in [-0.05, 0) is 35.7 Å². The first kappa shape index (κ1) is 31.4. The van der Waals surface area contributed by atoms with Gasteiger partial charge >= 0.3 is 0 Å². The van der Waals surface area contributed by atoms with E-state index in [9.17, 15) is 18.3 Å². The molecule has 10 nitrogen and oxygen atoms in total. The summed E-state index contributed by atoms with van der Waals surface area (Å²) in [6.07, 6.45) is 0. The molecule has 42 heavy (non-hydrogen) atoms. The van der Waals surface area contributed by atoms with E-state index in [1.165, 1.54) is 19.2 Å². The van der Waals surface area contributed by atoms with Gasteiger partial charge in [0.05, 0.1) is 32.0 Å². The number of morpholine rings is 1. The van der Waals surface area contributed by atoms with Crippen molar-refractivity contribution in [2.45, 2.75) is 31.1 Å². The molecule has 0 saturated carbocycles. The van der Waals surface area contributed by atoms with Crippen LogP contribution in [0.3, 0.4) is 0 Å². The molecule has 0 atom stereocenters. The number of para-hydroxylation sites is 1. The van der Waals surface area contributed by atoms with Gasteiger partial charge in [0.25, 0.3) is 15.9 Å².